The first-order chi connectivity index (χ1) is 9.57. The largest absolute Gasteiger partial charge is 0.383 e. The predicted octanol–water partition coefficient (Wildman–Crippen LogP) is 0.212. The van der Waals surface area contributed by atoms with Gasteiger partial charge >= 0.3 is 0 Å². The van der Waals surface area contributed by atoms with Crippen molar-refractivity contribution in [3.05, 3.63) is 30.3 Å². The summed E-state index contributed by atoms with van der Waals surface area (Å²) in [5.74, 6) is -0.271. The Kier molecular flexibility index (Phi) is 4.74. The number of amides is 1. The second-order valence-electron chi connectivity index (χ2n) is 4.52. The summed E-state index contributed by atoms with van der Waals surface area (Å²) in [6.07, 6.45) is 0.547. The van der Waals surface area contributed by atoms with E-state index in [2.05, 4.69) is 5.32 Å². The summed E-state index contributed by atoms with van der Waals surface area (Å²) < 4.78 is 30.8. The molecule has 0 aromatic heterocycles. The number of carbonyl (C=O) groups is 1. The number of hydrogen-bond donors (Lipinski definition) is 1. The molecule has 1 N–H and O–H groups in total. The molecule has 7 heteroatoms. The van der Waals surface area contributed by atoms with Gasteiger partial charge in [-0.3, -0.25) is 4.79 Å². The smallest absolute Gasteiger partial charge is 0.243 e. The lowest BCUT2D eigenvalue weighted by Crippen LogP contribution is -2.58. The van der Waals surface area contributed by atoms with Gasteiger partial charge < -0.3 is 10.1 Å². The van der Waals surface area contributed by atoms with Crippen LogP contribution in [0.5, 0.6) is 0 Å². The number of methoxy groups -OCH3 is 1. The molecule has 0 radical (unpaired) electrons. The molecular formula is C13H18N2O4S. The van der Waals surface area contributed by atoms with Crippen LogP contribution in [0.2, 0.25) is 0 Å². The summed E-state index contributed by atoms with van der Waals surface area (Å²) >= 11 is 0. The maximum atomic E-state index is 12.4. The minimum atomic E-state index is -3.59. The quantitative estimate of drug-likeness (QED) is 0.762. The summed E-state index contributed by atoms with van der Waals surface area (Å²) in [5.41, 5.74) is 0. The van der Waals surface area contributed by atoms with Crippen LogP contribution in [0, 0.1) is 0 Å². The first kappa shape index (κ1) is 15.0. The molecule has 1 amide bonds. The monoisotopic (exact) mass is 298 g/mol. The van der Waals surface area contributed by atoms with Crippen LogP contribution in [0.1, 0.15) is 6.42 Å². The number of sulfonamides is 1. The summed E-state index contributed by atoms with van der Waals surface area (Å²) in [4.78, 5) is 12.1. The van der Waals surface area contributed by atoms with E-state index in [1.54, 1.807) is 25.3 Å². The highest BCUT2D eigenvalue weighted by atomic mass is 32.2. The number of nitrogens with one attached hydrogen (secondary N) is 1. The van der Waals surface area contributed by atoms with Gasteiger partial charge in [0, 0.05) is 20.2 Å². The van der Waals surface area contributed by atoms with Crippen molar-refractivity contribution >= 4 is 15.9 Å². The maximum Gasteiger partial charge on any atom is 0.243 e. The van der Waals surface area contributed by atoms with Gasteiger partial charge in [0.05, 0.1) is 11.5 Å². The third-order valence-corrected chi connectivity index (χ3v) is 5.15. The molecule has 0 bridgehead atoms. The van der Waals surface area contributed by atoms with Crippen LogP contribution < -0.4 is 5.32 Å². The molecule has 1 aromatic carbocycles. The van der Waals surface area contributed by atoms with Gasteiger partial charge in [0.15, 0.2) is 0 Å². The van der Waals surface area contributed by atoms with Crippen molar-refractivity contribution < 1.29 is 17.9 Å². The number of hydrogen-bond acceptors (Lipinski definition) is 4. The number of benzene rings is 1. The average molecular weight is 298 g/mol. The SMILES string of the molecule is COCCNC(=O)[C@@H]1CCN1S(=O)(=O)c1ccccc1. The molecule has 110 valence electrons. The number of nitrogens with zero attached hydrogens (tertiary/aromatic N) is 1. The van der Waals surface area contributed by atoms with E-state index in [4.69, 9.17) is 4.74 Å². The van der Waals surface area contributed by atoms with Crippen LogP contribution in [0.25, 0.3) is 0 Å². The Balaban J connectivity index is 2.05. The van der Waals surface area contributed by atoms with Gasteiger partial charge in [-0.1, -0.05) is 18.2 Å². The first-order valence-electron chi connectivity index (χ1n) is 6.41. The number of ether oxygens (including phenoxy) is 1. The molecule has 1 aliphatic rings. The molecule has 1 aliphatic heterocycles. The molecule has 0 unspecified atom stereocenters. The van der Waals surface area contributed by atoms with E-state index in [0.717, 1.165) is 0 Å². The Hall–Kier alpha value is -1.44. The average Bonchev–Trinajstić information content (AvgIpc) is 2.38. The summed E-state index contributed by atoms with van der Waals surface area (Å²) in [5, 5.41) is 2.67. The highest BCUT2D eigenvalue weighted by Gasteiger charge is 2.42. The van der Waals surface area contributed by atoms with Crippen molar-refractivity contribution in [1.29, 1.82) is 0 Å². The van der Waals surface area contributed by atoms with E-state index in [1.807, 2.05) is 0 Å². The minimum Gasteiger partial charge on any atom is -0.383 e. The minimum absolute atomic E-state index is 0.217. The summed E-state index contributed by atoms with van der Waals surface area (Å²) in [6, 6.07) is 7.54. The fourth-order valence-electron chi connectivity index (χ4n) is 2.04. The molecule has 1 fully saturated rings. The second kappa shape index (κ2) is 6.34. The van der Waals surface area contributed by atoms with Crippen LogP contribution in [-0.2, 0) is 19.6 Å². The third-order valence-electron chi connectivity index (χ3n) is 3.23. The second-order valence-corrected chi connectivity index (χ2v) is 6.41. The summed E-state index contributed by atoms with van der Waals surface area (Å²) in [7, 11) is -2.04. The molecule has 1 aromatic rings. The van der Waals surface area contributed by atoms with Crippen LogP contribution in [0.3, 0.4) is 0 Å². The van der Waals surface area contributed by atoms with E-state index < -0.39 is 16.1 Å². The van der Waals surface area contributed by atoms with Gasteiger partial charge in [-0.2, -0.15) is 4.31 Å². The van der Waals surface area contributed by atoms with Crippen molar-refractivity contribution in [2.24, 2.45) is 0 Å². The van der Waals surface area contributed by atoms with E-state index in [9.17, 15) is 13.2 Å². The molecule has 6 nitrogen and oxygen atoms in total. The molecule has 1 atom stereocenters. The van der Waals surface area contributed by atoms with Crippen molar-refractivity contribution in [1.82, 2.24) is 9.62 Å². The molecule has 0 spiro atoms. The normalized spacial score (nSPS) is 19.4. The Labute approximate surface area is 118 Å². The van der Waals surface area contributed by atoms with Crippen LogP contribution in [0.15, 0.2) is 35.2 Å². The first-order valence-corrected chi connectivity index (χ1v) is 7.85. The predicted molar refractivity (Wildman–Crippen MR) is 73.6 cm³/mol. The van der Waals surface area contributed by atoms with Gasteiger partial charge in [0.25, 0.3) is 0 Å². The highest BCUT2D eigenvalue weighted by molar-refractivity contribution is 7.89. The topological polar surface area (TPSA) is 75.7 Å². The van der Waals surface area contributed by atoms with E-state index in [0.29, 0.717) is 26.1 Å². The van der Waals surface area contributed by atoms with E-state index in [1.165, 1.54) is 16.4 Å². The number of rotatable bonds is 6. The molecular weight excluding hydrogens is 280 g/mol. The van der Waals surface area contributed by atoms with Crippen LogP contribution in [-0.4, -0.2) is 51.5 Å². The maximum absolute atomic E-state index is 12.4. The van der Waals surface area contributed by atoms with Gasteiger partial charge in [-0.05, 0) is 18.6 Å². The highest BCUT2D eigenvalue weighted by Crippen LogP contribution is 2.26. The number of carbonyl (C=O) groups excluding carboxylic acids is 1. The van der Waals surface area contributed by atoms with Crippen LogP contribution >= 0.6 is 0 Å². The molecule has 1 saturated heterocycles. The van der Waals surface area contributed by atoms with Gasteiger partial charge in [0.1, 0.15) is 6.04 Å². The lowest BCUT2D eigenvalue weighted by atomic mass is 10.1. The zero-order valence-corrected chi connectivity index (χ0v) is 12.1. The fourth-order valence-corrected chi connectivity index (χ4v) is 3.69. The van der Waals surface area contributed by atoms with Crippen molar-refractivity contribution in [2.75, 3.05) is 26.8 Å². The Bertz CT molecular complexity index is 559. The zero-order valence-electron chi connectivity index (χ0n) is 11.3. The molecule has 0 aliphatic carbocycles. The molecule has 20 heavy (non-hydrogen) atoms. The van der Waals surface area contributed by atoms with E-state index in [-0.39, 0.29) is 10.8 Å². The third kappa shape index (κ3) is 3.00. The Morgan fingerprint density at radius 1 is 1.40 bits per heavy atom. The Morgan fingerprint density at radius 3 is 2.65 bits per heavy atom. The Morgan fingerprint density at radius 2 is 2.10 bits per heavy atom. The van der Waals surface area contributed by atoms with Crippen molar-refractivity contribution in [3.8, 4) is 0 Å². The standard InChI is InChI=1S/C13H18N2O4S/c1-19-10-8-14-13(16)12-7-9-15(12)20(17,18)11-5-3-2-4-6-11/h2-6,12H,7-10H2,1H3,(H,14,16)/t12-/m0/s1. The van der Waals surface area contributed by atoms with Gasteiger partial charge in [-0.25, -0.2) is 8.42 Å². The molecule has 0 saturated carbocycles. The van der Waals surface area contributed by atoms with Gasteiger partial charge in [-0.15, -0.1) is 0 Å². The van der Waals surface area contributed by atoms with Crippen molar-refractivity contribution in [3.63, 3.8) is 0 Å². The lowest BCUT2D eigenvalue weighted by Gasteiger charge is -2.38. The van der Waals surface area contributed by atoms with Crippen molar-refractivity contribution in [2.45, 2.75) is 17.4 Å². The van der Waals surface area contributed by atoms with Crippen LogP contribution in [0.4, 0.5) is 0 Å². The lowest BCUT2D eigenvalue weighted by molar-refractivity contribution is -0.127. The fraction of sp³-hybridized carbons (Fsp3) is 0.462. The summed E-state index contributed by atoms with van der Waals surface area (Å²) in [6.45, 7) is 1.16. The molecule has 2 rings (SSSR count). The van der Waals surface area contributed by atoms with Gasteiger partial charge in [0.2, 0.25) is 15.9 Å². The molecule has 1 heterocycles. The van der Waals surface area contributed by atoms with E-state index >= 15 is 0 Å². The zero-order chi connectivity index (χ0) is 14.6.